The van der Waals surface area contributed by atoms with Gasteiger partial charge in [0.15, 0.2) is 0 Å². The summed E-state index contributed by atoms with van der Waals surface area (Å²) in [6.45, 7) is 0.587. The van der Waals surface area contributed by atoms with Gasteiger partial charge in [0.1, 0.15) is 11.6 Å². The lowest BCUT2D eigenvalue weighted by Gasteiger charge is -2.09. The van der Waals surface area contributed by atoms with Crippen molar-refractivity contribution in [3.8, 4) is 0 Å². The number of hydrogen-bond donors (Lipinski definition) is 0. The van der Waals surface area contributed by atoms with Crippen LogP contribution in [0.2, 0.25) is 5.02 Å². The summed E-state index contributed by atoms with van der Waals surface area (Å²) >= 11 is 12.2. The van der Waals surface area contributed by atoms with Crippen LogP contribution in [0, 0.1) is 5.82 Å². The van der Waals surface area contributed by atoms with Crippen molar-refractivity contribution >= 4 is 34.2 Å². The number of halogens is 3. The lowest BCUT2D eigenvalue weighted by Crippen LogP contribution is -2.06. The summed E-state index contributed by atoms with van der Waals surface area (Å²) < 4.78 is 15.7. The van der Waals surface area contributed by atoms with Gasteiger partial charge in [0, 0.05) is 6.54 Å². The van der Waals surface area contributed by atoms with Gasteiger partial charge in [-0.2, -0.15) is 0 Å². The maximum Gasteiger partial charge on any atom is 0.126 e. The molecule has 0 atom stereocenters. The Balaban J connectivity index is 1.98. The Bertz CT molecular complexity index is 783. The van der Waals surface area contributed by atoms with Crippen LogP contribution in [0.4, 0.5) is 4.39 Å². The van der Waals surface area contributed by atoms with Gasteiger partial charge in [-0.05, 0) is 30.2 Å². The zero-order valence-corrected chi connectivity index (χ0v) is 12.7. The molecule has 3 aromatic rings. The highest BCUT2D eigenvalue weighted by atomic mass is 35.5. The van der Waals surface area contributed by atoms with E-state index in [4.69, 9.17) is 23.2 Å². The molecule has 0 amide bonds. The fourth-order valence-corrected chi connectivity index (χ4v) is 2.94. The minimum atomic E-state index is -0.194. The molecule has 2 nitrogen and oxygen atoms in total. The molecule has 0 fully saturated rings. The monoisotopic (exact) mass is 322 g/mol. The highest BCUT2D eigenvalue weighted by Crippen LogP contribution is 2.25. The molecular formula is C16H13Cl2FN2. The number of aryl methyl sites for hydroxylation is 2. The molecule has 2 aromatic carbocycles. The molecule has 0 spiro atoms. The highest BCUT2D eigenvalue weighted by molar-refractivity contribution is 6.35. The normalized spacial score (nSPS) is 11.2. The smallest absolute Gasteiger partial charge is 0.126 e. The van der Waals surface area contributed by atoms with Crippen LogP contribution >= 0.6 is 23.2 Å². The van der Waals surface area contributed by atoms with Crippen molar-refractivity contribution in [3.63, 3.8) is 0 Å². The van der Waals surface area contributed by atoms with Crippen LogP contribution in [-0.4, -0.2) is 9.55 Å². The molecule has 0 aliphatic heterocycles. The molecule has 0 unspecified atom stereocenters. The molecule has 21 heavy (non-hydrogen) atoms. The standard InChI is InChI=1S/C16H13Cl2FN2/c17-10-15-20-14-7-3-5-12(18)16(14)21(15)9-8-11-4-1-2-6-13(11)19/h1-7H,8-10H2. The summed E-state index contributed by atoms with van der Waals surface area (Å²) in [5.74, 6) is 0.846. The Labute approximate surface area is 132 Å². The fourth-order valence-electron chi connectivity index (χ4n) is 2.47. The van der Waals surface area contributed by atoms with E-state index in [-0.39, 0.29) is 5.82 Å². The molecule has 0 bridgehead atoms. The number of nitrogens with zero attached hydrogens (tertiary/aromatic N) is 2. The number of benzene rings is 2. The number of para-hydroxylation sites is 1. The van der Waals surface area contributed by atoms with E-state index in [0.29, 0.717) is 29.4 Å². The van der Waals surface area contributed by atoms with Gasteiger partial charge in [0.05, 0.1) is 21.9 Å². The van der Waals surface area contributed by atoms with Crippen LogP contribution in [0.15, 0.2) is 42.5 Å². The Morgan fingerprint density at radius 2 is 1.90 bits per heavy atom. The van der Waals surface area contributed by atoms with Crippen molar-refractivity contribution in [3.05, 3.63) is 64.7 Å². The van der Waals surface area contributed by atoms with Crippen LogP contribution in [-0.2, 0) is 18.8 Å². The third kappa shape index (κ3) is 2.76. The van der Waals surface area contributed by atoms with E-state index in [1.807, 2.05) is 28.8 Å². The first-order valence-corrected chi connectivity index (χ1v) is 7.55. The first-order valence-electron chi connectivity index (χ1n) is 6.63. The molecule has 1 heterocycles. The molecular weight excluding hydrogens is 310 g/mol. The molecule has 0 aliphatic rings. The average Bonchev–Trinajstić information content (AvgIpc) is 2.85. The number of aromatic nitrogens is 2. The van der Waals surface area contributed by atoms with Crippen LogP contribution < -0.4 is 0 Å². The largest absolute Gasteiger partial charge is 0.325 e. The molecule has 108 valence electrons. The molecule has 3 rings (SSSR count). The van der Waals surface area contributed by atoms with E-state index in [1.165, 1.54) is 6.07 Å². The summed E-state index contributed by atoms with van der Waals surface area (Å²) in [7, 11) is 0. The Kier molecular flexibility index (Phi) is 4.13. The van der Waals surface area contributed by atoms with Crippen molar-refractivity contribution in [2.45, 2.75) is 18.8 Å². The molecule has 5 heteroatoms. The van der Waals surface area contributed by atoms with E-state index >= 15 is 0 Å². The van der Waals surface area contributed by atoms with Gasteiger partial charge in [-0.15, -0.1) is 11.6 Å². The number of hydrogen-bond acceptors (Lipinski definition) is 1. The van der Waals surface area contributed by atoms with Gasteiger partial charge < -0.3 is 4.57 Å². The average molecular weight is 323 g/mol. The second kappa shape index (κ2) is 6.04. The zero-order valence-electron chi connectivity index (χ0n) is 11.2. The first kappa shape index (κ1) is 14.4. The molecule has 0 radical (unpaired) electrons. The zero-order chi connectivity index (χ0) is 14.8. The third-order valence-electron chi connectivity index (χ3n) is 3.48. The van der Waals surface area contributed by atoms with Crippen LogP contribution in [0.3, 0.4) is 0 Å². The third-order valence-corrected chi connectivity index (χ3v) is 4.02. The maximum atomic E-state index is 13.7. The van der Waals surface area contributed by atoms with Crippen LogP contribution in [0.25, 0.3) is 11.0 Å². The predicted octanol–water partition coefficient (Wildman–Crippen LogP) is 4.81. The molecule has 0 saturated heterocycles. The van der Waals surface area contributed by atoms with E-state index in [1.54, 1.807) is 12.1 Å². The SMILES string of the molecule is Fc1ccccc1CCn1c(CCl)nc2cccc(Cl)c21. The van der Waals surface area contributed by atoms with Crippen molar-refractivity contribution in [2.24, 2.45) is 0 Å². The summed E-state index contributed by atoms with van der Waals surface area (Å²) in [5.41, 5.74) is 2.34. The van der Waals surface area contributed by atoms with Gasteiger partial charge in [-0.1, -0.05) is 35.9 Å². The lowest BCUT2D eigenvalue weighted by molar-refractivity contribution is 0.593. The van der Waals surface area contributed by atoms with Crippen LogP contribution in [0.1, 0.15) is 11.4 Å². The van der Waals surface area contributed by atoms with Crippen molar-refractivity contribution in [1.29, 1.82) is 0 Å². The highest BCUT2D eigenvalue weighted by Gasteiger charge is 2.13. The van der Waals surface area contributed by atoms with Crippen LogP contribution in [0.5, 0.6) is 0 Å². The number of imidazole rings is 1. The van der Waals surface area contributed by atoms with Gasteiger partial charge in [0.2, 0.25) is 0 Å². The Hall–Kier alpha value is -1.58. The molecule has 1 aromatic heterocycles. The van der Waals surface area contributed by atoms with E-state index < -0.39 is 0 Å². The van der Waals surface area contributed by atoms with Crippen molar-refractivity contribution < 1.29 is 4.39 Å². The second-order valence-electron chi connectivity index (χ2n) is 4.76. The maximum absolute atomic E-state index is 13.7. The first-order chi connectivity index (χ1) is 10.2. The van der Waals surface area contributed by atoms with Gasteiger partial charge in [-0.3, -0.25) is 0 Å². The second-order valence-corrected chi connectivity index (χ2v) is 5.44. The fraction of sp³-hybridized carbons (Fsp3) is 0.188. The Morgan fingerprint density at radius 3 is 2.67 bits per heavy atom. The van der Waals surface area contributed by atoms with Gasteiger partial charge >= 0.3 is 0 Å². The Morgan fingerprint density at radius 1 is 1.10 bits per heavy atom. The quantitative estimate of drug-likeness (QED) is 0.630. The predicted molar refractivity (Wildman–Crippen MR) is 84.4 cm³/mol. The van der Waals surface area contributed by atoms with E-state index in [0.717, 1.165) is 16.9 Å². The summed E-state index contributed by atoms with van der Waals surface area (Å²) in [4.78, 5) is 4.48. The van der Waals surface area contributed by atoms with E-state index in [9.17, 15) is 4.39 Å². The number of alkyl halides is 1. The molecule has 0 aliphatic carbocycles. The number of rotatable bonds is 4. The molecule has 0 saturated carbocycles. The van der Waals surface area contributed by atoms with Gasteiger partial charge in [-0.25, -0.2) is 9.37 Å². The summed E-state index contributed by atoms with van der Waals surface area (Å²) in [5, 5.41) is 0.630. The van der Waals surface area contributed by atoms with E-state index in [2.05, 4.69) is 4.98 Å². The van der Waals surface area contributed by atoms with Crippen molar-refractivity contribution in [1.82, 2.24) is 9.55 Å². The minimum absolute atomic E-state index is 0.194. The lowest BCUT2D eigenvalue weighted by atomic mass is 10.1. The van der Waals surface area contributed by atoms with Crippen molar-refractivity contribution in [2.75, 3.05) is 0 Å². The topological polar surface area (TPSA) is 17.8 Å². The number of fused-ring (bicyclic) bond motifs is 1. The molecule has 0 N–H and O–H groups in total. The van der Waals surface area contributed by atoms with Gasteiger partial charge in [0.25, 0.3) is 0 Å². The minimum Gasteiger partial charge on any atom is -0.325 e. The summed E-state index contributed by atoms with van der Waals surface area (Å²) in [6.07, 6.45) is 0.563. The summed E-state index contributed by atoms with van der Waals surface area (Å²) in [6, 6.07) is 12.4.